The summed E-state index contributed by atoms with van der Waals surface area (Å²) in [4.78, 5) is 44.7. The van der Waals surface area contributed by atoms with E-state index in [1.54, 1.807) is 4.90 Å². The average Bonchev–Trinajstić information content (AvgIpc) is 3.35. The van der Waals surface area contributed by atoms with Gasteiger partial charge in [-0.05, 0) is 36.1 Å². The second kappa shape index (κ2) is 8.09. The second-order valence-corrected chi connectivity index (χ2v) is 10.0. The van der Waals surface area contributed by atoms with Crippen LogP contribution in [0.1, 0.15) is 30.0 Å². The van der Waals surface area contributed by atoms with Crippen LogP contribution in [-0.2, 0) is 20.7 Å². The first kappa shape index (κ1) is 20.6. The highest BCUT2D eigenvalue weighted by molar-refractivity contribution is 8.00. The Labute approximate surface area is 196 Å². The monoisotopic (exact) mass is 463 g/mol. The molecule has 3 amide bonds. The summed E-state index contributed by atoms with van der Waals surface area (Å²) < 4.78 is 5.71. The SMILES string of the molecule is O=C(CN1C(=O)CSc2ccccc21)N1CCC(N2C(=O)O[C@@H]3Cc4ccccc4[C@@H]32)CC1. The highest BCUT2D eigenvalue weighted by atomic mass is 32.2. The fourth-order valence-electron chi connectivity index (χ4n) is 5.61. The van der Waals surface area contributed by atoms with Crippen LogP contribution in [0.15, 0.2) is 53.4 Å². The molecule has 0 aromatic heterocycles. The Bertz CT molecular complexity index is 1130. The molecule has 2 atom stereocenters. The number of carbonyl (C=O) groups excluding carboxylic acids is 3. The molecule has 33 heavy (non-hydrogen) atoms. The molecule has 170 valence electrons. The van der Waals surface area contributed by atoms with Crippen molar-refractivity contribution in [1.29, 1.82) is 0 Å². The second-order valence-electron chi connectivity index (χ2n) is 9.03. The number of benzene rings is 2. The smallest absolute Gasteiger partial charge is 0.411 e. The standard InChI is InChI=1S/C25H25N3O4S/c29-22(14-27-19-7-3-4-8-21(19)33-15-23(27)30)26-11-9-17(10-12-26)28-24-18-6-2-1-5-16(18)13-20(24)32-25(28)31/h1-8,17,20,24H,9-15H2/t20-,24+/m1/s1. The quantitative estimate of drug-likeness (QED) is 0.699. The Morgan fingerprint density at radius 3 is 2.64 bits per heavy atom. The van der Waals surface area contributed by atoms with Gasteiger partial charge < -0.3 is 14.5 Å². The van der Waals surface area contributed by atoms with Crippen LogP contribution in [0.2, 0.25) is 0 Å². The van der Waals surface area contributed by atoms with Crippen LogP contribution in [0.5, 0.6) is 0 Å². The Morgan fingerprint density at radius 2 is 1.79 bits per heavy atom. The summed E-state index contributed by atoms with van der Waals surface area (Å²) >= 11 is 1.52. The predicted octanol–water partition coefficient (Wildman–Crippen LogP) is 3.23. The van der Waals surface area contributed by atoms with Crippen molar-refractivity contribution in [1.82, 2.24) is 9.80 Å². The van der Waals surface area contributed by atoms with Crippen molar-refractivity contribution in [2.45, 2.75) is 42.3 Å². The van der Waals surface area contributed by atoms with Crippen molar-refractivity contribution in [2.24, 2.45) is 0 Å². The van der Waals surface area contributed by atoms with Crippen LogP contribution in [0, 0.1) is 0 Å². The molecule has 0 N–H and O–H groups in total. The van der Waals surface area contributed by atoms with Gasteiger partial charge >= 0.3 is 6.09 Å². The maximum absolute atomic E-state index is 13.1. The van der Waals surface area contributed by atoms with E-state index < -0.39 is 0 Å². The molecule has 0 spiro atoms. The summed E-state index contributed by atoms with van der Waals surface area (Å²) in [6.45, 7) is 1.21. The van der Waals surface area contributed by atoms with Gasteiger partial charge in [-0.25, -0.2) is 4.79 Å². The van der Waals surface area contributed by atoms with Crippen molar-refractivity contribution in [3.8, 4) is 0 Å². The first-order chi connectivity index (χ1) is 16.1. The van der Waals surface area contributed by atoms with E-state index >= 15 is 0 Å². The summed E-state index contributed by atoms with van der Waals surface area (Å²) in [5.74, 6) is 0.275. The number of anilines is 1. The number of para-hydroxylation sites is 1. The molecule has 0 unspecified atom stereocenters. The first-order valence-corrected chi connectivity index (χ1v) is 12.5. The fourth-order valence-corrected chi connectivity index (χ4v) is 6.54. The zero-order valence-corrected chi connectivity index (χ0v) is 19.0. The molecule has 3 heterocycles. The van der Waals surface area contributed by atoms with Gasteiger partial charge in [-0.2, -0.15) is 0 Å². The molecule has 2 saturated heterocycles. The molecular formula is C25H25N3O4S. The average molecular weight is 464 g/mol. The Morgan fingerprint density at radius 1 is 1.03 bits per heavy atom. The zero-order chi connectivity index (χ0) is 22.5. The number of likely N-dealkylation sites (tertiary alicyclic amines) is 1. The van der Waals surface area contributed by atoms with Crippen LogP contribution < -0.4 is 4.90 Å². The Hall–Kier alpha value is -3.00. The Balaban J connectivity index is 1.12. The number of nitrogens with zero attached hydrogens (tertiary/aromatic N) is 3. The van der Waals surface area contributed by atoms with Crippen molar-refractivity contribution < 1.29 is 19.1 Å². The van der Waals surface area contributed by atoms with Crippen LogP contribution in [0.4, 0.5) is 10.5 Å². The zero-order valence-electron chi connectivity index (χ0n) is 18.2. The number of hydrogen-bond acceptors (Lipinski definition) is 5. The summed E-state index contributed by atoms with van der Waals surface area (Å²) in [5.41, 5.74) is 3.25. The third kappa shape index (κ3) is 3.47. The molecule has 3 aliphatic heterocycles. The van der Waals surface area contributed by atoms with Crippen LogP contribution in [-0.4, -0.2) is 65.2 Å². The lowest BCUT2D eigenvalue weighted by molar-refractivity contribution is -0.132. The van der Waals surface area contributed by atoms with Gasteiger partial charge in [-0.15, -0.1) is 11.8 Å². The molecule has 0 radical (unpaired) electrons. The molecular weight excluding hydrogens is 438 g/mol. The maximum atomic E-state index is 13.1. The summed E-state index contributed by atoms with van der Waals surface area (Å²) in [5, 5.41) is 0. The molecule has 2 aromatic rings. The maximum Gasteiger partial charge on any atom is 0.411 e. The van der Waals surface area contributed by atoms with Gasteiger partial charge in [0.25, 0.3) is 0 Å². The van der Waals surface area contributed by atoms with Gasteiger partial charge in [0, 0.05) is 30.4 Å². The highest BCUT2D eigenvalue weighted by Crippen LogP contribution is 2.44. The van der Waals surface area contributed by atoms with Crippen molar-refractivity contribution >= 4 is 35.4 Å². The number of fused-ring (bicyclic) bond motifs is 4. The summed E-state index contributed by atoms with van der Waals surface area (Å²) in [6, 6.07) is 16.0. The van der Waals surface area contributed by atoms with Crippen molar-refractivity contribution in [3.63, 3.8) is 0 Å². The molecule has 7 nitrogen and oxygen atoms in total. The van der Waals surface area contributed by atoms with Crippen LogP contribution in [0.3, 0.4) is 0 Å². The molecule has 8 heteroatoms. The molecule has 2 aromatic carbocycles. The molecule has 2 fully saturated rings. The minimum absolute atomic E-state index is 0.0269. The van der Waals surface area contributed by atoms with Gasteiger partial charge in [-0.1, -0.05) is 36.4 Å². The third-order valence-electron chi connectivity index (χ3n) is 7.22. The molecule has 6 rings (SSSR count). The number of hydrogen-bond donors (Lipinski definition) is 0. The summed E-state index contributed by atoms with van der Waals surface area (Å²) in [6.07, 6.45) is 1.85. The molecule has 1 aliphatic carbocycles. The topological polar surface area (TPSA) is 70.2 Å². The van der Waals surface area contributed by atoms with E-state index in [1.807, 2.05) is 46.2 Å². The number of piperidine rings is 1. The van der Waals surface area contributed by atoms with E-state index in [-0.39, 0.29) is 42.6 Å². The van der Waals surface area contributed by atoms with Crippen LogP contribution in [0.25, 0.3) is 0 Å². The van der Waals surface area contributed by atoms with E-state index in [0.717, 1.165) is 17.0 Å². The molecule has 0 saturated carbocycles. The lowest BCUT2D eigenvalue weighted by Crippen LogP contribution is -2.51. The number of ether oxygens (including phenoxy) is 1. The van der Waals surface area contributed by atoms with Crippen molar-refractivity contribution in [2.75, 3.05) is 30.3 Å². The normalized spacial score (nSPS) is 24.4. The first-order valence-electron chi connectivity index (χ1n) is 11.5. The highest BCUT2D eigenvalue weighted by Gasteiger charge is 2.50. The number of rotatable bonds is 3. The number of thioether (sulfide) groups is 1. The molecule has 0 bridgehead atoms. The number of carbonyl (C=O) groups is 3. The lowest BCUT2D eigenvalue weighted by Gasteiger charge is -2.38. The minimum atomic E-state index is -0.239. The van der Waals surface area contributed by atoms with Crippen LogP contribution >= 0.6 is 11.8 Å². The number of amides is 3. The Kier molecular flexibility index (Phi) is 5.05. The van der Waals surface area contributed by atoms with E-state index in [4.69, 9.17) is 4.74 Å². The van der Waals surface area contributed by atoms with E-state index in [2.05, 4.69) is 12.1 Å². The largest absolute Gasteiger partial charge is 0.443 e. The predicted molar refractivity (Wildman–Crippen MR) is 124 cm³/mol. The fraction of sp³-hybridized carbons (Fsp3) is 0.400. The van der Waals surface area contributed by atoms with E-state index in [9.17, 15) is 14.4 Å². The lowest BCUT2D eigenvalue weighted by atomic mass is 9.99. The van der Waals surface area contributed by atoms with E-state index in [0.29, 0.717) is 31.7 Å². The third-order valence-corrected chi connectivity index (χ3v) is 8.27. The van der Waals surface area contributed by atoms with Gasteiger partial charge in [0.05, 0.1) is 17.5 Å². The summed E-state index contributed by atoms with van der Waals surface area (Å²) in [7, 11) is 0. The molecule has 4 aliphatic rings. The van der Waals surface area contributed by atoms with Gasteiger partial charge in [0.1, 0.15) is 12.6 Å². The van der Waals surface area contributed by atoms with Gasteiger partial charge in [0.2, 0.25) is 11.8 Å². The van der Waals surface area contributed by atoms with E-state index in [1.165, 1.54) is 22.9 Å². The van der Waals surface area contributed by atoms with Gasteiger partial charge in [0.15, 0.2) is 0 Å². The van der Waals surface area contributed by atoms with Gasteiger partial charge in [-0.3, -0.25) is 14.5 Å². The van der Waals surface area contributed by atoms with Crippen molar-refractivity contribution in [3.05, 3.63) is 59.7 Å². The minimum Gasteiger partial charge on any atom is -0.443 e.